The van der Waals surface area contributed by atoms with Crippen LogP contribution in [-0.2, 0) is 4.79 Å². The zero-order valence-electron chi connectivity index (χ0n) is 11.2. The smallest absolute Gasteiger partial charge is 0.220 e. The van der Waals surface area contributed by atoms with Crippen LogP contribution >= 0.6 is 15.9 Å². The summed E-state index contributed by atoms with van der Waals surface area (Å²) < 4.78 is 1.06. The lowest BCUT2D eigenvalue weighted by Gasteiger charge is -2.14. The topological polar surface area (TPSA) is 29.1 Å². The minimum atomic E-state index is 0.0803. The maximum Gasteiger partial charge on any atom is 0.220 e. The highest BCUT2D eigenvalue weighted by Gasteiger charge is 2.08. The summed E-state index contributed by atoms with van der Waals surface area (Å²) in [5.74, 6) is 0.154. The van der Waals surface area contributed by atoms with E-state index in [9.17, 15) is 4.79 Å². The standard InChI is InChI=1S/C15H22BrNO/c1-3-4-5-6-7-15(18)17-12(2)13-8-10-14(16)11-9-13/h8-12H,3-7H2,1-2H3,(H,17,18). The van der Waals surface area contributed by atoms with Crippen LogP contribution in [0, 0.1) is 0 Å². The molecule has 0 aliphatic heterocycles. The Bertz CT molecular complexity index is 361. The molecule has 0 spiro atoms. The van der Waals surface area contributed by atoms with Gasteiger partial charge in [-0.2, -0.15) is 0 Å². The molecule has 2 nitrogen and oxygen atoms in total. The minimum absolute atomic E-state index is 0.0803. The Morgan fingerprint density at radius 3 is 2.50 bits per heavy atom. The van der Waals surface area contributed by atoms with Gasteiger partial charge < -0.3 is 5.32 Å². The fourth-order valence-corrected chi connectivity index (χ4v) is 2.13. The first-order valence-corrected chi connectivity index (χ1v) is 7.47. The summed E-state index contributed by atoms with van der Waals surface area (Å²) in [6.45, 7) is 4.20. The first-order chi connectivity index (χ1) is 8.63. The van der Waals surface area contributed by atoms with E-state index in [0.717, 1.165) is 22.9 Å². The molecule has 0 aromatic heterocycles. The van der Waals surface area contributed by atoms with E-state index in [1.165, 1.54) is 12.8 Å². The normalized spacial score (nSPS) is 12.2. The van der Waals surface area contributed by atoms with Crippen molar-refractivity contribution in [2.45, 2.75) is 52.0 Å². The third kappa shape index (κ3) is 5.67. The van der Waals surface area contributed by atoms with Crippen molar-refractivity contribution in [1.29, 1.82) is 0 Å². The van der Waals surface area contributed by atoms with Gasteiger partial charge in [-0.3, -0.25) is 4.79 Å². The maximum atomic E-state index is 11.7. The minimum Gasteiger partial charge on any atom is -0.350 e. The van der Waals surface area contributed by atoms with Crippen molar-refractivity contribution in [2.75, 3.05) is 0 Å². The fraction of sp³-hybridized carbons (Fsp3) is 0.533. The highest BCUT2D eigenvalue weighted by atomic mass is 79.9. The van der Waals surface area contributed by atoms with E-state index in [-0.39, 0.29) is 11.9 Å². The van der Waals surface area contributed by atoms with Gasteiger partial charge in [0, 0.05) is 10.9 Å². The van der Waals surface area contributed by atoms with E-state index < -0.39 is 0 Å². The third-order valence-corrected chi connectivity index (χ3v) is 3.53. The molecule has 0 saturated carbocycles. The average molecular weight is 312 g/mol. The van der Waals surface area contributed by atoms with Crippen molar-refractivity contribution in [1.82, 2.24) is 5.32 Å². The lowest BCUT2D eigenvalue weighted by molar-refractivity contribution is -0.121. The second-order valence-corrected chi connectivity index (χ2v) is 5.57. The van der Waals surface area contributed by atoms with Gasteiger partial charge in [-0.05, 0) is 31.0 Å². The lowest BCUT2D eigenvalue weighted by Crippen LogP contribution is -2.26. The summed E-state index contributed by atoms with van der Waals surface area (Å²) >= 11 is 3.41. The van der Waals surface area contributed by atoms with Gasteiger partial charge in [0.2, 0.25) is 5.91 Å². The molecular formula is C15H22BrNO. The largest absolute Gasteiger partial charge is 0.350 e. The van der Waals surface area contributed by atoms with Crippen LogP contribution in [0.3, 0.4) is 0 Å². The number of carbonyl (C=O) groups excluding carboxylic acids is 1. The van der Waals surface area contributed by atoms with Crippen LogP contribution in [-0.4, -0.2) is 5.91 Å². The van der Waals surface area contributed by atoms with Gasteiger partial charge >= 0.3 is 0 Å². The Morgan fingerprint density at radius 2 is 1.89 bits per heavy atom. The monoisotopic (exact) mass is 311 g/mol. The molecular weight excluding hydrogens is 290 g/mol. The molecule has 0 saturated heterocycles. The first-order valence-electron chi connectivity index (χ1n) is 6.68. The molecule has 1 amide bonds. The Balaban J connectivity index is 2.33. The maximum absolute atomic E-state index is 11.7. The van der Waals surface area contributed by atoms with Crippen molar-refractivity contribution in [3.63, 3.8) is 0 Å². The van der Waals surface area contributed by atoms with Crippen LogP contribution in [0.2, 0.25) is 0 Å². The van der Waals surface area contributed by atoms with E-state index in [0.29, 0.717) is 6.42 Å². The van der Waals surface area contributed by atoms with Crippen molar-refractivity contribution in [2.24, 2.45) is 0 Å². The van der Waals surface area contributed by atoms with Gasteiger partial charge in [0.25, 0.3) is 0 Å². The van der Waals surface area contributed by atoms with Gasteiger partial charge in [0.05, 0.1) is 6.04 Å². The number of amides is 1. The predicted octanol–water partition coefficient (Wildman–Crippen LogP) is 4.60. The number of benzene rings is 1. The lowest BCUT2D eigenvalue weighted by atomic mass is 10.1. The Labute approximate surface area is 118 Å². The Hall–Kier alpha value is -0.830. The molecule has 1 unspecified atom stereocenters. The Morgan fingerprint density at radius 1 is 1.22 bits per heavy atom. The second kappa shape index (κ2) is 8.30. The molecule has 0 radical (unpaired) electrons. The summed E-state index contributed by atoms with van der Waals surface area (Å²) in [4.78, 5) is 11.7. The number of hydrogen-bond donors (Lipinski definition) is 1. The van der Waals surface area contributed by atoms with Crippen molar-refractivity contribution in [3.05, 3.63) is 34.3 Å². The zero-order chi connectivity index (χ0) is 13.4. The number of hydrogen-bond acceptors (Lipinski definition) is 1. The number of nitrogens with one attached hydrogen (secondary N) is 1. The molecule has 0 aliphatic carbocycles. The molecule has 1 rings (SSSR count). The molecule has 0 aliphatic rings. The van der Waals surface area contributed by atoms with E-state index in [4.69, 9.17) is 0 Å². The highest BCUT2D eigenvalue weighted by Crippen LogP contribution is 2.16. The van der Waals surface area contributed by atoms with Crippen LogP contribution in [0.15, 0.2) is 28.7 Å². The molecule has 18 heavy (non-hydrogen) atoms. The van der Waals surface area contributed by atoms with Crippen molar-refractivity contribution >= 4 is 21.8 Å². The van der Waals surface area contributed by atoms with Crippen LogP contribution in [0.5, 0.6) is 0 Å². The summed E-state index contributed by atoms with van der Waals surface area (Å²) in [5.41, 5.74) is 1.14. The molecule has 0 bridgehead atoms. The van der Waals surface area contributed by atoms with Crippen LogP contribution < -0.4 is 5.32 Å². The molecule has 1 aromatic carbocycles. The van der Waals surface area contributed by atoms with E-state index >= 15 is 0 Å². The summed E-state index contributed by atoms with van der Waals surface area (Å²) in [7, 11) is 0. The summed E-state index contributed by atoms with van der Waals surface area (Å²) in [6.07, 6.45) is 5.21. The molecule has 1 aromatic rings. The van der Waals surface area contributed by atoms with Gasteiger partial charge in [-0.15, -0.1) is 0 Å². The van der Waals surface area contributed by atoms with Crippen molar-refractivity contribution in [3.8, 4) is 0 Å². The molecule has 0 fully saturated rings. The summed E-state index contributed by atoms with van der Waals surface area (Å²) in [5, 5.41) is 3.04. The van der Waals surface area contributed by atoms with E-state index in [2.05, 4.69) is 28.2 Å². The predicted molar refractivity (Wildman–Crippen MR) is 79.5 cm³/mol. The fourth-order valence-electron chi connectivity index (χ4n) is 1.86. The number of carbonyl (C=O) groups is 1. The summed E-state index contributed by atoms with van der Waals surface area (Å²) in [6, 6.07) is 8.15. The van der Waals surface area contributed by atoms with Gasteiger partial charge in [0.1, 0.15) is 0 Å². The zero-order valence-corrected chi connectivity index (χ0v) is 12.8. The Kier molecular flexibility index (Phi) is 7.02. The van der Waals surface area contributed by atoms with Crippen LogP contribution in [0.4, 0.5) is 0 Å². The molecule has 100 valence electrons. The van der Waals surface area contributed by atoms with Crippen LogP contribution in [0.1, 0.15) is 57.6 Å². The third-order valence-electron chi connectivity index (χ3n) is 3.00. The van der Waals surface area contributed by atoms with Crippen LogP contribution in [0.25, 0.3) is 0 Å². The molecule has 0 heterocycles. The van der Waals surface area contributed by atoms with Gasteiger partial charge in [-0.25, -0.2) is 0 Å². The molecule has 1 atom stereocenters. The number of halogens is 1. The average Bonchev–Trinajstić information content (AvgIpc) is 2.35. The highest BCUT2D eigenvalue weighted by molar-refractivity contribution is 9.10. The SMILES string of the molecule is CCCCCCC(=O)NC(C)c1ccc(Br)cc1. The van der Waals surface area contributed by atoms with Crippen molar-refractivity contribution < 1.29 is 4.79 Å². The quantitative estimate of drug-likeness (QED) is 0.733. The molecule has 3 heteroatoms. The second-order valence-electron chi connectivity index (χ2n) is 4.65. The number of rotatable bonds is 7. The van der Waals surface area contributed by atoms with E-state index in [1.54, 1.807) is 0 Å². The number of unbranched alkanes of at least 4 members (excludes halogenated alkanes) is 3. The van der Waals surface area contributed by atoms with E-state index in [1.807, 2.05) is 31.2 Å². The first kappa shape index (κ1) is 15.2. The van der Waals surface area contributed by atoms with Gasteiger partial charge in [0.15, 0.2) is 0 Å². The molecule has 1 N–H and O–H groups in total. The van der Waals surface area contributed by atoms with Gasteiger partial charge in [-0.1, -0.05) is 54.2 Å².